The highest BCUT2D eigenvalue weighted by Gasteiger charge is 2.29. The topological polar surface area (TPSA) is 77.0 Å². The molecule has 2 aliphatic heterocycles. The van der Waals surface area contributed by atoms with Crippen molar-refractivity contribution in [2.45, 2.75) is 78.1 Å². The largest absolute Gasteiger partial charge is 0.444 e. The number of rotatable bonds is 13. The predicted octanol–water partition coefficient (Wildman–Crippen LogP) is 6.43. The van der Waals surface area contributed by atoms with Crippen LogP contribution >= 0.6 is 0 Å². The molecule has 0 spiro atoms. The van der Waals surface area contributed by atoms with Crippen molar-refractivity contribution >= 4 is 17.5 Å². The van der Waals surface area contributed by atoms with Crippen LogP contribution in [0.1, 0.15) is 76.5 Å². The Balaban J connectivity index is 1.29. The minimum atomic E-state index is -0.334. The van der Waals surface area contributed by atoms with Crippen LogP contribution in [0.25, 0.3) is 5.57 Å². The molecule has 0 bridgehead atoms. The number of anilines is 1. The van der Waals surface area contributed by atoms with Gasteiger partial charge in [0.25, 0.3) is 0 Å². The van der Waals surface area contributed by atoms with Crippen molar-refractivity contribution < 1.29 is 19.0 Å². The number of hydrogen-bond acceptors (Lipinski definition) is 7. The van der Waals surface area contributed by atoms with Crippen molar-refractivity contribution in [2.75, 3.05) is 37.7 Å². The van der Waals surface area contributed by atoms with Crippen LogP contribution in [0.2, 0.25) is 0 Å². The first-order chi connectivity index (χ1) is 19.2. The summed E-state index contributed by atoms with van der Waals surface area (Å²) in [5.41, 5.74) is 2.79. The molecule has 0 unspecified atom stereocenters. The molecule has 1 amide bonds. The summed E-state index contributed by atoms with van der Waals surface area (Å²) in [6.07, 6.45) is 9.56. The molecule has 4 rings (SSSR count). The highest BCUT2D eigenvalue weighted by Crippen LogP contribution is 2.28. The van der Waals surface area contributed by atoms with Crippen LogP contribution in [-0.4, -0.2) is 60.3 Å². The Hall–Kier alpha value is -2.97. The van der Waals surface area contributed by atoms with Crippen molar-refractivity contribution in [3.63, 3.8) is 0 Å². The Kier molecular flexibility index (Phi) is 11.6. The predicted molar refractivity (Wildman–Crippen MR) is 153 cm³/mol. The Morgan fingerprint density at radius 2 is 1.67 bits per heavy atom. The third kappa shape index (κ3) is 8.77. The maximum atomic E-state index is 12.6. The Bertz CT molecular complexity index is 1010. The van der Waals surface area contributed by atoms with Gasteiger partial charge in [0.05, 0.1) is 5.69 Å². The molecule has 2 aliphatic rings. The number of benzene rings is 1. The Morgan fingerprint density at radius 1 is 0.949 bits per heavy atom. The molecule has 8 heteroatoms. The number of amides is 1. The molecule has 0 saturated carbocycles. The second kappa shape index (κ2) is 15.6. The Labute approximate surface area is 233 Å². The zero-order chi connectivity index (χ0) is 27.3. The molecule has 39 heavy (non-hydrogen) atoms. The van der Waals surface area contributed by atoms with Gasteiger partial charge in [0.2, 0.25) is 0 Å². The second-order valence-corrected chi connectivity index (χ2v) is 10.4. The smallest absolute Gasteiger partial charge is 0.414 e. The van der Waals surface area contributed by atoms with Crippen LogP contribution in [0, 0.1) is 5.92 Å². The number of carbonyl (C=O) groups is 1. The molecule has 0 atom stereocenters. The lowest BCUT2D eigenvalue weighted by Crippen LogP contribution is -2.40. The van der Waals surface area contributed by atoms with Gasteiger partial charge in [-0.25, -0.2) is 4.79 Å². The minimum absolute atomic E-state index is 0.112. The van der Waals surface area contributed by atoms with Crippen LogP contribution in [-0.2, 0) is 20.8 Å². The van der Waals surface area contributed by atoms with E-state index >= 15 is 0 Å². The van der Waals surface area contributed by atoms with Gasteiger partial charge in [-0.1, -0.05) is 57.0 Å². The summed E-state index contributed by atoms with van der Waals surface area (Å²) in [4.78, 5) is 16.6. The maximum absolute atomic E-state index is 12.6. The molecular formula is C31H44N4O4. The minimum Gasteiger partial charge on any atom is -0.444 e. The van der Waals surface area contributed by atoms with Crippen LogP contribution in [0.5, 0.6) is 0 Å². The molecule has 1 aromatic heterocycles. The van der Waals surface area contributed by atoms with E-state index in [4.69, 9.17) is 14.2 Å². The van der Waals surface area contributed by atoms with Gasteiger partial charge in [-0.15, -0.1) is 10.2 Å². The fourth-order valence-corrected chi connectivity index (χ4v) is 4.97. The molecule has 8 nitrogen and oxygen atoms in total. The highest BCUT2D eigenvalue weighted by molar-refractivity contribution is 5.74. The molecule has 0 N–H and O–H groups in total. The SMILES string of the molecule is CCCCOC(OCCCC)C1CCN(c2ccc(C3=CN(C(=O)OCc4ccccc4)CCC3)nn2)CC1. The van der Waals surface area contributed by atoms with E-state index < -0.39 is 0 Å². The molecule has 212 valence electrons. The van der Waals surface area contributed by atoms with Gasteiger partial charge >= 0.3 is 6.09 Å². The van der Waals surface area contributed by atoms with Gasteiger partial charge < -0.3 is 19.1 Å². The fraction of sp³-hybridized carbons (Fsp3) is 0.581. The first kappa shape index (κ1) is 29.0. The second-order valence-electron chi connectivity index (χ2n) is 10.4. The number of allylic oxidation sites excluding steroid dienone is 1. The molecule has 0 radical (unpaired) electrons. The van der Waals surface area contributed by atoms with Crippen LogP contribution in [0.15, 0.2) is 48.7 Å². The molecule has 0 aliphatic carbocycles. The summed E-state index contributed by atoms with van der Waals surface area (Å²) in [6, 6.07) is 13.8. The summed E-state index contributed by atoms with van der Waals surface area (Å²) >= 11 is 0. The van der Waals surface area contributed by atoms with E-state index in [2.05, 4.69) is 28.9 Å². The number of carbonyl (C=O) groups excluding carboxylic acids is 1. The summed E-state index contributed by atoms with van der Waals surface area (Å²) in [5.74, 6) is 1.30. The van der Waals surface area contributed by atoms with Crippen molar-refractivity contribution in [3.05, 3.63) is 59.9 Å². The maximum Gasteiger partial charge on any atom is 0.414 e. The lowest BCUT2D eigenvalue weighted by Gasteiger charge is -2.36. The fourth-order valence-electron chi connectivity index (χ4n) is 4.97. The highest BCUT2D eigenvalue weighted by atomic mass is 16.7. The van der Waals surface area contributed by atoms with Gasteiger partial charge in [0.1, 0.15) is 6.61 Å². The number of nitrogens with zero attached hydrogens (tertiary/aromatic N) is 4. The van der Waals surface area contributed by atoms with E-state index in [0.29, 0.717) is 12.5 Å². The van der Waals surface area contributed by atoms with Crippen LogP contribution < -0.4 is 4.90 Å². The number of unbranched alkanes of at least 4 members (excludes halogenated alkanes) is 2. The van der Waals surface area contributed by atoms with Gasteiger partial charge in [-0.05, 0) is 61.8 Å². The summed E-state index contributed by atoms with van der Waals surface area (Å²) in [7, 11) is 0. The summed E-state index contributed by atoms with van der Waals surface area (Å²) in [5, 5.41) is 9.08. The van der Waals surface area contributed by atoms with Crippen molar-refractivity contribution in [1.82, 2.24) is 15.1 Å². The van der Waals surface area contributed by atoms with E-state index in [9.17, 15) is 4.79 Å². The zero-order valence-electron chi connectivity index (χ0n) is 23.6. The molecule has 2 aromatic rings. The third-order valence-electron chi connectivity index (χ3n) is 7.38. The number of ether oxygens (including phenoxy) is 3. The van der Waals surface area contributed by atoms with Gasteiger partial charge in [-0.2, -0.15) is 0 Å². The average molecular weight is 537 g/mol. The van der Waals surface area contributed by atoms with E-state index in [0.717, 1.165) is 100 Å². The van der Waals surface area contributed by atoms with Crippen molar-refractivity contribution in [1.29, 1.82) is 0 Å². The molecule has 1 fully saturated rings. The molecule has 1 saturated heterocycles. The summed E-state index contributed by atoms with van der Waals surface area (Å²) in [6.45, 7) is 8.62. The lowest BCUT2D eigenvalue weighted by molar-refractivity contribution is -0.177. The molecule has 1 aromatic carbocycles. The Morgan fingerprint density at radius 3 is 2.31 bits per heavy atom. The van der Waals surface area contributed by atoms with E-state index in [1.807, 2.05) is 48.7 Å². The van der Waals surface area contributed by atoms with Crippen molar-refractivity contribution in [2.24, 2.45) is 5.92 Å². The average Bonchev–Trinajstić information content (AvgIpc) is 3.00. The normalized spacial score (nSPS) is 16.4. The van der Waals surface area contributed by atoms with Gasteiger partial charge in [-0.3, -0.25) is 4.90 Å². The third-order valence-corrected chi connectivity index (χ3v) is 7.38. The molecular weight excluding hydrogens is 492 g/mol. The number of piperidine rings is 1. The lowest BCUT2D eigenvalue weighted by atomic mass is 9.96. The van der Waals surface area contributed by atoms with E-state index in [1.54, 1.807) is 4.90 Å². The quantitative estimate of drug-likeness (QED) is 0.216. The van der Waals surface area contributed by atoms with Gasteiger partial charge in [0, 0.05) is 45.0 Å². The van der Waals surface area contributed by atoms with E-state index in [-0.39, 0.29) is 19.0 Å². The molecule has 3 heterocycles. The zero-order valence-corrected chi connectivity index (χ0v) is 23.6. The van der Waals surface area contributed by atoms with E-state index in [1.165, 1.54) is 0 Å². The summed E-state index contributed by atoms with van der Waals surface area (Å²) < 4.78 is 17.8. The monoisotopic (exact) mass is 536 g/mol. The standard InChI is InChI=1S/C31H44N4O4/c1-3-5-21-37-30(38-22-6-4-2)26-16-19-34(20-17-26)29-15-14-28(32-33-29)27-13-10-18-35(23-27)31(36)39-24-25-11-8-7-9-12-25/h7-9,11-12,14-15,23,26,30H,3-6,10,13,16-22,24H2,1-2H3. The van der Waals surface area contributed by atoms with Crippen LogP contribution in [0.3, 0.4) is 0 Å². The first-order valence-corrected chi connectivity index (χ1v) is 14.7. The first-order valence-electron chi connectivity index (χ1n) is 14.7. The van der Waals surface area contributed by atoms with Crippen molar-refractivity contribution in [3.8, 4) is 0 Å². The van der Waals surface area contributed by atoms with Gasteiger partial charge in [0.15, 0.2) is 12.1 Å². The number of hydrogen-bond donors (Lipinski definition) is 0. The number of aromatic nitrogens is 2. The van der Waals surface area contributed by atoms with Crippen LogP contribution in [0.4, 0.5) is 10.6 Å².